The van der Waals surface area contributed by atoms with Gasteiger partial charge >= 0.3 is 0 Å². The Morgan fingerprint density at radius 2 is 1.52 bits per heavy atom. The second-order valence-corrected chi connectivity index (χ2v) is 8.51. The van der Waals surface area contributed by atoms with E-state index in [2.05, 4.69) is 20.6 Å². The molecule has 12 heteroatoms. The molecule has 0 N–H and O–H groups in total. The van der Waals surface area contributed by atoms with Crippen LogP contribution >= 0.6 is 23.5 Å². The number of fused-ring (bicyclic) bond motifs is 1. The molecule has 0 radical (unpaired) electrons. The van der Waals surface area contributed by atoms with Gasteiger partial charge in [0.25, 0.3) is 0 Å². The summed E-state index contributed by atoms with van der Waals surface area (Å²) in [5.41, 5.74) is 0.206. The minimum Gasteiger partial charge on any atom is -0.292 e. The Hall–Kier alpha value is -2.86. The Balaban J connectivity index is 1.93. The quantitative estimate of drug-likeness (QED) is 0.568. The Bertz CT molecular complexity index is 1090. The molecule has 0 saturated heterocycles. The van der Waals surface area contributed by atoms with E-state index in [4.69, 9.17) is 0 Å². The zero-order valence-electron chi connectivity index (χ0n) is 17.0. The maximum Gasteiger partial charge on any atom is 0.209 e. The van der Waals surface area contributed by atoms with Gasteiger partial charge in [0.1, 0.15) is 11.4 Å². The Morgan fingerprint density at radius 1 is 0.903 bits per heavy atom. The van der Waals surface area contributed by atoms with Gasteiger partial charge in [-0.25, -0.2) is 9.36 Å². The average molecular weight is 461 g/mol. The SMILES string of the molecule is CCC(=O)c1nnn(CCn2nnc3c2C(=O)/C=C/SCS/C=C/C3=O)c1C(=O)CC. The third-order valence-corrected chi connectivity index (χ3v) is 6.14. The average Bonchev–Trinajstić information content (AvgIpc) is 3.39. The highest BCUT2D eigenvalue weighted by Gasteiger charge is 2.25. The van der Waals surface area contributed by atoms with Gasteiger partial charge in [0.2, 0.25) is 11.6 Å². The summed E-state index contributed by atoms with van der Waals surface area (Å²) in [5, 5.41) is 19.7. The molecular weight excluding hydrogens is 440 g/mol. The van der Waals surface area contributed by atoms with Gasteiger partial charge in [-0.2, -0.15) is 0 Å². The molecule has 10 nitrogen and oxygen atoms in total. The van der Waals surface area contributed by atoms with Crippen LogP contribution < -0.4 is 0 Å². The van der Waals surface area contributed by atoms with Crippen LogP contribution in [0.3, 0.4) is 0 Å². The summed E-state index contributed by atoms with van der Waals surface area (Å²) < 4.78 is 2.65. The van der Waals surface area contributed by atoms with Crippen molar-refractivity contribution in [2.45, 2.75) is 39.8 Å². The minimum atomic E-state index is -0.416. The molecule has 3 rings (SSSR count). The fourth-order valence-electron chi connectivity index (χ4n) is 2.83. The summed E-state index contributed by atoms with van der Waals surface area (Å²) in [7, 11) is 0. The van der Waals surface area contributed by atoms with E-state index in [0.29, 0.717) is 5.08 Å². The number of carbonyl (C=O) groups excluding carboxylic acids is 4. The molecular formula is C19H20N6O4S2. The molecule has 0 bridgehead atoms. The molecule has 0 saturated carbocycles. The van der Waals surface area contributed by atoms with Crippen molar-refractivity contribution in [3.63, 3.8) is 0 Å². The third-order valence-electron chi connectivity index (χ3n) is 4.40. The molecule has 1 aliphatic heterocycles. The van der Waals surface area contributed by atoms with Crippen molar-refractivity contribution in [1.29, 1.82) is 0 Å². The van der Waals surface area contributed by atoms with Crippen LogP contribution in [-0.2, 0) is 13.1 Å². The Morgan fingerprint density at radius 3 is 2.19 bits per heavy atom. The zero-order valence-corrected chi connectivity index (χ0v) is 18.6. The lowest BCUT2D eigenvalue weighted by Gasteiger charge is -2.08. The van der Waals surface area contributed by atoms with Crippen molar-refractivity contribution in [1.82, 2.24) is 30.0 Å². The summed E-state index contributed by atoms with van der Waals surface area (Å²) in [4.78, 5) is 49.7. The molecule has 162 valence electrons. The first-order valence-electron chi connectivity index (χ1n) is 9.56. The number of aromatic nitrogens is 6. The maximum absolute atomic E-state index is 12.7. The van der Waals surface area contributed by atoms with Gasteiger partial charge in [-0.3, -0.25) is 19.2 Å². The summed E-state index contributed by atoms with van der Waals surface area (Å²) in [6, 6.07) is 0. The van der Waals surface area contributed by atoms with E-state index in [-0.39, 0.29) is 60.3 Å². The van der Waals surface area contributed by atoms with Crippen LogP contribution in [0.2, 0.25) is 0 Å². The number of aryl methyl sites for hydroxylation is 2. The fourth-order valence-corrected chi connectivity index (χ4v) is 4.22. The predicted octanol–water partition coefficient (Wildman–Crippen LogP) is 2.59. The van der Waals surface area contributed by atoms with Crippen molar-refractivity contribution in [2.75, 3.05) is 5.08 Å². The maximum atomic E-state index is 12.7. The van der Waals surface area contributed by atoms with Crippen LogP contribution in [0, 0.1) is 0 Å². The molecule has 0 spiro atoms. The number of hydrogen-bond donors (Lipinski definition) is 0. The lowest BCUT2D eigenvalue weighted by atomic mass is 10.1. The van der Waals surface area contributed by atoms with Crippen LogP contribution in [0.4, 0.5) is 0 Å². The largest absolute Gasteiger partial charge is 0.292 e. The van der Waals surface area contributed by atoms with Gasteiger partial charge in [0, 0.05) is 17.9 Å². The van der Waals surface area contributed by atoms with Gasteiger partial charge in [0.15, 0.2) is 23.0 Å². The lowest BCUT2D eigenvalue weighted by Crippen LogP contribution is -2.19. The highest BCUT2D eigenvalue weighted by molar-refractivity contribution is 8.18. The summed E-state index contributed by atoms with van der Waals surface area (Å²) in [6.45, 7) is 3.60. The summed E-state index contributed by atoms with van der Waals surface area (Å²) in [5.74, 6) is -1.34. The number of Topliss-reactive ketones (excluding diaryl/α,β-unsaturated/α-hetero) is 2. The molecule has 3 heterocycles. The van der Waals surface area contributed by atoms with Crippen LogP contribution in [0.5, 0.6) is 0 Å². The monoisotopic (exact) mass is 460 g/mol. The van der Waals surface area contributed by atoms with Crippen molar-refractivity contribution in [3.05, 3.63) is 45.7 Å². The molecule has 0 atom stereocenters. The number of nitrogens with zero attached hydrogens (tertiary/aromatic N) is 6. The van der Waals surface area contributed by atoms with Crippen LogP contribution in [0.1, 0.15) is 68.6 Å². The highest BCUT2D eigenvalue weighted by Crippen LogP contribution is 2.18. The number of rotatable bonds is 7. The first kappa shape index (κ1) is 22.8. The molecule has 0 aliphatic carbocycles. The first-order valence-corrected chi connectivity index (χ1v) is 11.7. The topological polar surface area (TPSA) is 130 Å². The Kier molecular flexibility index (Phi) is 7.69. The molecule has 0 aromatic carbocycles. The van der Waals surface area contributed by atoms with Gasteiger partial charge in [-0.05, 0) is 23.0 Å². The van der Waals surface area contributed by atoms with E-state index < -0.39 is 11.6 Å². The molecule has 2 aromatic rings. The summed E-state index contributed by atoms with van der Waals surface area (Å²) in [6.07, 6.45) is 3.13. The fraction of sp³-hybridized carbons (Fsp3) is 0.368. The van der Waals surface area contributed by atoms with E-state index in [1.807, 2.05) is 0 Å². The molecule has 31 heavy (non-hydrogen) atoms. The number of ketones is 4. The normalized spacial score (nSPS) is 16.5. The van der Waals surface area contributed by atoms with E-state index in [1.54, 1.807) is 24.7 Å². The smallest absolute Gasteiger partial charge is 0.209 e. The molecule has 0 unspecified atom stereocenters. The predicted molar refractivity (Wildman–Crippen MR) is 116 cm³/mol. The molecule has 0 fully saturated rings. The molecule has 0 amide bonds. The van der Waals surface area contributed by atoms with E-state index in [1.165, 1.54) is 45.0 Å². The van der Waals surface area contributed by atoms with E-state index in [0.717, 1.165) is 0 Å². The van der Waals surface area contributed by atoms with Crippen molar-refractivity contribution >= 4 is 46.7 Å². The number of carbonyl (C=O) groups is 4. The van der Waals surface area contributed by atoms with Crippen molar-refractivity contribution < 1.29 is 19.2 Å². The highest BCUT2D eigenvalue weighted by atomic mass is 32.2. The second-order valence-electron chi connectivity index (χ2n) is 6.36. The van der Waals surface area contributed by atoms with E-state index >= 15 is 0 Å². The number of thioether (sulfide) groups is 2. The van der Waals surface area contributed by atoms with Crippen LogP contribution in [0.25, 0.3) is 0 Å². The van der Waals surface area contributed by atoms with E-state index in [9.17, 15) is 19.2 Å². The van der Waals surface area contributed by atoms with Crippen molar-refractivity contribution in [2.24, 2.45) is 0 Å². The molecule has 2 aromatic heterocycles. The van der Waals surface area contributed by atoms with Gasteiger partial charge in [-0.1, -0.05) is 24.3 Å². The zero-order chi connectivity index (χ0) is 22.4. The third kappa shape index (κ3) is 5.07. The van der Waals surface area contributed by atoms with Gasteiger partial charge in [-0.15, -0.1) is 33.7 Å². The molecule has 1 aliphatic rings. The standard InChI is InChI=1S/C19H20N6O4S2/c1-3-12(26)16-18(13(27)4-2)24(22-20-16)7-8-25-19-15(29)6-10-31-11-30-9-5-14(28)17(19)21-23-25/h5-6,9-10H,3-4,7-8,11H2,1-2H3/b9-5+,10-6+. The lowest BCUT2D eigenvalue weighted by molar-refractivity contribution is 0.0946. The Labute approximate surface area is 186 Å². The first-order chi connectivity index (χ1) is 15.0. The van der Waals surface area contributed by atoms with Crippen LogP contribution in [-0.4, -0.2) is 58.2 Å². The number of hydrogen-bond acceptors (Lipinski definition) is 10. The summed E-state index contributed by atoms with van der Waals surface area (Å²) >= 11 is 2.87. The second kappa shape index (κ2) is 10.4. The van der Waals surface area contributed by atoms with Crippen LogP contribution in [0.15, 0.2) is 23.0 Å². The van der Waals surface area contributed by atoms with Crippen molar-refractivity contribution in [3.8, 4) is 0 Å². The number of allylic oxidation sites excluding steroid dienone is 2. The van der Waals surface area contributed by atoms with Gasteiger partial charge in [0.05, 0.1) is 13.1 Å². The van der Waals surface area contributed by atoms with Gasteiger partial charge < -0.3 is 0 Å². The minimum absolute atomic E-state index is 0.0382.